The molecule has 21 heavy (non-hydrogen) atoms. The minimum atomic E-state index is -0.556. The van der Waals surface area contributed by atoms with Crippen LogP contribution in [0, 0.1) is 15.9 Å². The van der Waals surface area contributed by atoms with E-state index in [0.29, 0.717) is 18.7 Å². The highest BCUT2D eigenvalue weighted by molar-refractivity contribution is 6.39. The third-order valence-electron chi connectivity index (χ3n) is 2.87. The molecule has 0 heterocycles. The van der Waals surface area contributed by atoms with Gasteiger partial charge in [0.05, 0.1) is 20.7 Å². The molecule has 0 aliphatic carbocycles. The third kappa shape index (κ3) is 4.06. The van der Waals surface area contributed by atoms with Crippen molar-refractivity contribution in [3.8, 4) is 0 Å². The van der Waals surface area contributed by atoms with Gasteiger partial charge in [0.15, 0.2) is 0 Å². The van der Waals surface area contributed by atoms with Gasteiger partial charge in [-0.05, 0) is 24.1 Å². The molecular weight excluding hydrogens is 318 g/mol. The molecule has 1 N–H and O–H groups in total. The number of benzene rings is 2. The van der Waals surface area contributed by atoms with E-state index in [4.69, 9.17) is 23.2 Å². The summed E-state index contributed by atoms with van der Waals surface area (Å²) in [6, 6.07) is 8.65. The second-order valence-electron chi connectivity index (χ2n) is 4.34. The number of rotatable bonds is 5. The van der Waals surface area contributed by atoms with Crippen molar-refractivity contribution in [2.45, 2.75) is 6.42 Å². The largest absolute Gasteiger partial charge is 0.382 e. The molecule has 0 aliphatic heterocycles. The van der Waals surface area contributed by atoms with Crippen molar-refractivity contribution < 1.29 is 9.31 Å². The maximum atomic E-state index is 12.8. The summed E-state index contributed by atoms with van der Waals surface area (Å²) in [7, 11) is 0. The smallest absolute Gasteiger partial charge is 0.272 e. The van der Waals surface area contributed by atoms with Crippen molar-refractivity contribution in [1.82, 2.24) is 0 Å². The molecule has 110 valence electrons. The Hall–Kier alpha value is -1.85. The lowest BCUT2D eigenvalue weighted by Gasteiger charge is -2.10. The molecule has 0 atom stereocenters. The quantitative estimate of drug-likeness (QED) is 0.639. The van der Waals surface area contributed by atoms with Crippen molar-refractivity contribution in [1.29, 1.82) is 0 Å². The highest BCUT2D eigenvalue weighted by atomic mass is 35.5. The van der Waals surface area contributed by atoms with Gasteiger partial charge >= 0.3 is 0 Å². The molecule has 0 fully saturated rings. The van der Waals surface area contributed by atoms with Gasteiger partial charge in [-0.15, -0.1) is 0 Å². The van der Waals surface area contributed by atoms with Crippen LogP contribution < -0.4 is 5.32 Å². The fourth-order valence-electron chi connectivity index (χ4n) is 1.82. The minimum Gasteiger partial charge on any atom is -0.382 e. The number of halogens is 3. The SMILES string of the molecule is O=[N+]([O-])c1cc(Cl)c(NCCc2ccc(F)cc2)c(Cl)c1. The molecule has 0 saturated heterocycles. The zero-order chi connectivity index (χ0) is 15.4. The van der Waals surface area contributed by atoms with Crippen LogP contribution in [-0.4, -0.2) is 11.5 Å². The first-order chi connectivity index (χ1) is 9.97. The van der Waals surface area contributed by atoms with E-state index in [0.717, 1.165) is 5.56 Å². The first kappa shape index (κ1) is 15.5. The van der Waals surface area contributed by atoms with Gasteiger partial charge in [0, 0.05) is 18.7 Å². The van der Waals surface area contributed by atoms with E-state index in [-0.39, 0.29) is 21.5 Å². The molecule has 0 saturated carbocycles. The molecule has 7 heteroatoms. The van der Waals surface area contributed by atoms with Crippen LogP contribution in [0.5, 0.6) is 0 Å². The highest BCUT2D eigenvalue weighted by Crippen LogP contribution is 2.34. The Labute approximate surface area is 130 Å². The summed E-state index contributed by atoms with van der Waals surface area (Å²) >= 11 is 12.0. The highest BCUT2D eigenvalue weighted by Gasteiger charge is 2.14. The Morgan fingerprint density at radius 3 is 2.24 bits per heavy atom. The Bertz CT molecular complexity index is 640. The van der Waals surface area contributed by atoms with Crippen molar-refractivity contribution in [3.05, 3.63) is 67.9 Å². The van der Waals surface area contributed by atoms with Crippen molar-refractivity contribution in [3.63, 3.8) is 0 Å². The molecular formula is C14H11Cl2FN2O2. The number of nitrogens with zero attached hydrogens (tertiary/aromatic N) is 1. The number of hydrogen-bond donors (Lipinski definition) is 1. The molecule has 0 bridgehead atoms. The van der Waals surface area contributed by atoms with Crippen LogP contribution in [0.15, 0.2) is 36.4 Å². The Balaban J connectivity index is 2.03. The Morgan fingerprint density at radius 1 is 1.14 bits per heavy atom. The van der Waals surface area contributed by atoms with Crippen molar-refractivity contribution in [2.24, 2.45) is 0 Å². The van der Waals surface area contributed by atoms with Gasteiger partial charge in [-0.1, -0.05) is 35.3 Å². The molecule has 0 unspecified atom stereocenters. The van der Waals surface area contributed by atoms with E-state index in [9.17, 15) is 14.5 Å². The van der Waals surface area contributed by atoms with E-state index in [2.05, 4.69) is 5.32 Å². The zero-order valence-electron chi connectivity index (χ0n) is 10.8. The molecule has 0 aliphatic rings. The molecule has 2 aromatic carbocycles. The molecule has 0 radical (unpaired) electrons. The Morgan fingerprint density at radius 2 is 1.71 bits per heavy atom. The number of anilines is 1. The average Bonchev–Trinajstić information content (AvgIpc) is 2.43. The summed E-state index contributed by atoms with van der Waals surface area (Å²) in [4.78, 5) is 10.1. The van der Waals surface area contributed by atoms with Crippen LogP contribution in [0.25, 0.3) is 0 Å². The predicted octanol–water partition coefficient (Wildman–Crippen LogP) is 4.70. The summed E-state index contributed by atoms with van der Waals surface area (Å²) in [6.07, 6.45) is 0.643. The molecule has 4 nitrogen and oxygen atoms in total. The van der Waals surface area contributed by atoms with Crippen LogP contribution in [-0.2, 0) is 6.42 Å². The number of hydrogen-bond acceptors (Lipinski definition) is 3. The monoisotopic (exact) mass is 328 g/mol. The van der Waals surface area contributed by atoms with Crippen LogP contribution in [0.3, 0.4) is 0 Å². The van der Waals surface area contributed by atoms with E-state index in [1.807, 2.05) is 0 Å². The van der Waals surface area contributed by atoms with Crippen molar-refractivity contribution >= 4 is 34.6 Å². The summed E-state index contributed by atoms with van der Waals surface area (Å²) < 4.78 is 12.8. The summed E-state index contributed by atoms with van der Waals surface area (Å²) in [5.74, 6) is -0.284. The normalized spacial score (nSPS) is 10.4. The number of nitro benzene ring substituents is 1. The molecule has 0 amide bonds. The molecule has 0 spiro atoms. The standard InChI is InChI=1S/C14H11Cl2FN2O2/c15-12-7-11(19(20)21)8-13(16)14(12)18-6-5-9-1-3-10(17)4-2-9/h1-4,7-8,18H,5-6H2. The van der Waals surface area contributed by atoms with Gasteiger partial charge in [0.1, 0.15) is 5.82 Å². The number of non-ortho nitro benzene ring substituents is 1. The fourth-order valence-corrected chi connectivity index (χ4v) is 2.43. The van der Waals surface area contributed by atoms with Gasteiger partial charge < -0.3 is 5.32 Å². The average molecular weight is 329 g/mol. The predicted molar refractivity (Wildman–Crippen MR) is 81.7 cm³/mol. The first-order valence-corrected chi connectivity index (χ1v) is 6.84. The lowest BCUT2D eigenvalue weighted by atomic mass is 10.1. The third-order valence-corrected chi connectivity index (χ3v) is 3.46. The second kappa shape index (κ2) is 6.74. The lowest BCUT2D eigenvalue weighted by Crippen LogP contribution is -2.06. The van der Waals surface area contributed by atoms with E-state index >= 15 is 0 Å². The lowest BCUT2D eigenvalue weighted by molar-refractivity contribution is -0.384. The van der Waals surface area contributed by atoms with Crippen LogP contribution in [0.1, 0.15) is 5.56 Å². The maximum absolute atomic E-state index is 12.8. The molecule has 2 aromatic rings. The summed E-state index contributed by atoms with van der Waals surface area (Å²) in [6.45, 7) is 0.517. The van der Waals surface area contributed by atoms with Crippen LogP contribution in [0.4, 0.5) is 15.8 Å². The second-order valence-corrected chi connectivity index (χ2v) is 5.16. The summed E-state index contributed by atoms with van der Waals surface area (Å²) in [5, 5.41) is 14.1. The van der Waals surface area contributed by atoms with E-state index < -0.39 is 4.92 Å². The maximum Gasteiger partial charge on any atom is 0.272 e. The topological polar surface area (TPSA) is 55.2 Å². The fraction of sp³-hybridized carbons (Fsp3) is 0.143. The van der Waals surface area contributed by atoms with Crippen molar-refractivity contribution in [2.75, 3.05) is 11.9 Å². The van der Waals surface area contributed by atoms with Gasteiger partial charge in [-0.25, -0.2) is 4.39 Å². The van der Waals surface area contributed by atoms with Gasteiger partial charge in [-0.2, -0.15) is 0 Å². The zero-order valence-corrected chi connectivity index (χ0v) is 12.3. The van der Waals surface area contributed by atoms with Gasteiger partial charge in [0.25, 0.3) is 5.69 Å². The van der Waals surface area contributed by atoms with E-state index in [1.165, 1.54) is 24.3 Å². The van der Waals surface area contributed by atoms with Gasteiger partial charge in [-0.3, -0.25) is 10.1 Å². The molecule has 2 rings (SSSR count). The van der Waals surface area contributed by atoms with Gasteiger partial charge in [0.2, 0.25) is 0 Å². The van der Waals surface area contributed by atoms with Crippen LogP contribution >= 0.6 is 23.2 Å². The number of nitro groups is 1. The first-order valence-electron chi connectivity index (χ1n) is 6.09. The molecule has 0 aromatic heterocycles. The number of nitrogens with one attached hydrogen (secondary N) is 1. The Kier molecular flexibility index (Phi) is 4.98. The van der Waals surface area contributed by atoms with Crippen LogP contribution in [0.2, 0.25) is 10.0 Å². The summed E-state index contributed by atoms with van der Waals surface area (Å²) in [5.41, 5.74) is 1.25. The minimum absolute atomic E-state index is 0.158. The van der Waals surface area contributed by atoms with E-state index in [1.54, 1.807) is 12.1 Å².